The second kappa shape index (κ2) is 20.0. The summed E-state index contributed by atoms with van der Waals surface area (Å²) in [5.74, 6) is -0.203. The highest BCUT2D eigenvalue weighted by Crippen LogP contribution is 2.38. The molecule has 1 aliphatic carbocycles. The number of benzene rings is 1. The van der Waals surface area contributed by atoms with Crippen molar-refractivity contribution in [1.82, 2.24) is 10.2 Å². The Morgan fingerprint density at radius 3 is 2.40 bits per heavy atom. The Kier molecular flexibility index (Phi) is 16.8. The number of halogens is 2. The smallest absolute Gasteiger partial charge is 0.414 e. The molecule has 2 amide bonds. The highest BCUT2D eigenvalue weighted by molar-refractivity contribution is 5.98. The molecule has 2 aliphatic rings. The van der Waals surface area contributed by atoms with Crippen LogP contribution in [0.3, 0.4) is 0 Å². The van der Waals surface area contributed by atoms with Crippen LogP contribution >= 0.6 is 0 Å². The van der Waals surface area contributed by atoms with E-state index in [4.69, 9.17) is 9.15 Å². The summed E-state index contributed by atoms with van der Waals surface area (Å²) in [6, 6.07) is 6.37. The Labute approximate surface area is 277 Å². The second-order valence-corrected chi connectivity index (χ2v) is 13.2. The van der Waals surface area contributed by atoms with Crippen molar-refractivity contribution >= 4 is 40.9 Å². The molecule has 1 saturated heterocycles. The Morgan fingerprint density at radius 2 is 1.79 bits per heavy atom. The first kappa shape index (κ1) is 39.6. The summed E-state index contributed by atoms with van der Waals surface area (Å²) in [6.07, 6.45) is 11.6. The van der Waals surface area contributed by atoms with Crippen LogP contribution in [0.4, 0.5) is 19.4 Å². The lowest BCUT2D eigenvalue weighted by atomic mass is 9.76. The lowest BCUT2D eigenvalue weighted by Crippen LogP contribution is -2.43. The second-order valence-electron chi connectivity index (χ2n) is 13.2. The lowest BCUT2D eigenvalue weighted by Gasteiger charge is -2.32. The fourth-order valence-corrected chi connectivity index (χ4v) is 6.31. The molecule has 2 heterocycles. The van der Waals surface area contributed by atoms with Crippen molar-refractivity contribution in [3.05, 3.63) is 30.0 Å². The molecule has 2 fully saturated rings. The highest BCUT2D eigenvalue weighted by atomic mass is 19.3. The number of aldehydes is 1. The largest absolute Gasteiger partial charge is 0.449 e. The molecule has 10 nitrogen and oxygen atoms in total. The third-order valence-electron chi connectivity index (χ3n) is 8.66. The third kappa shape index (κ3) is 12.9. The summed E-state index contributed by atoms with van der Waals surface area (Å²) >= 11 is 0. The molecule has 1 aromatic heterocycles. The van der Waals surface area contributed by atoms with Crippen LogP contribution in [0.5, 0.6) is 0 Å². The number of alkyl halides is 1. The van der Waals surface area contributed by atoms with Gasteiger partial charge >= 0.3 is 12.1 Å². The van der Waals surface area contributed by atoms with Crippen LogP contribution in [0.1, 0.15) is 102 Å². The Bertz CT molecular complexity index is 1270. The number of alkyl carbamates (subject to hydrolysis) is 1. The molecule has 2 aromatic rings. The Balaban J connectivity index is 0.000000350. The average molecular weight is 666 g/mol. The van der Waals surface area contributed by atoms with Gasteiger partial charge < -0.3 is 24.6 Å². The van der Waals surface area contributed by atoms with Gasteiger partial charge in [-0.05, 0) is 96.1 Å². The van der Waals surface area contributed by atoms with E-state index < -0.39 is 11.6 Å². The van der Waals surface area contributed by atoms with Gasteiger partial charge in [0.15, 0.2) is 0 Å². The summed E-state index contributed by atoms with van der Waals surface area (Å²) in [5.41, 5.74) is 0.604. The van der Waals surface area contributed by atoms with Crippen LogP contribution in [0.25, 0.3) is 11.0 Å². The first-order valence-electron chi connectivity index (χ1n) is 16.6. The van der Waals surface area contributed by atoms with E-state index >= 15 is 0 Å². The van der Waals surface area contributed by atoms with E-state index in [9.17, 15) is 28.1 Å². The maximum absolute atomic E-state index is 13.1. The van der Waals surface area contributed by atoms with Crippen LogP contribution in [0.2, 0.25) is 0 Å². The van der Waals surface area contributed by atoms with Crippen molar-refractivity contribution < 1.29 is 42.2 Å². The van der Waals surface area contributed by atoms with Crippen molar-refractivity contribution in [2.24, 2.45) is 17.8 Å². The van der Waals surface area contributed by atoms with Gasteiger partial charge in [-0.25, -0.2) is 14.5 Å². The number of fused-ring (bicyclic) bond motifs is 1. The Morgan fingerprint density at radius 1 is 1.09 bits per heavy atom. The number of anilines is 1. The zero-order valence-corrected chi connectivity index (χ0v) is 28.7. The molecule has 1 aliphatic heterocycles. The molecule has 47 heavy (non-hydrogen) atoms. The molecule has 0 bridgehead atoms. The average Bonchev–Trinajstić information content (AvgIpc) is 3.66. The molecular weight excluding hydrogens is 612 g/mol. The van der Waals surface area contributed by atoms with Crippen LogP contribution in [-0.4, -0.2) is 68.1 Å². The number of ether oxygens (including phenoxy) is 1. The highest BCUT2D eigenvalue weighted by Gasteiger charge is 2.41. The zero-order chi connectivity index (χ0) is 35.0. The van der Waals surface area contributed by atoms with Crippen molar-refractivity contribution in [3.63, 3.8) is 0 Å². The first-order chi connectivity index (χ1) is 22.4. The predicted molar refractivity (Wildman–Crippen MR) is 177 cm³/mol. The van der Waals surface area contributed by atoms with E-state index in [0.717, 1.165) is 44.9 Å². The maximum atomic E-state index is 13.1. The van der Waals surface area contributed by atoms with Gasteiger partial charge in [-0.3, -0.25) is 14.1 Å². The number of amides is 2. The molecule has 0 radical (unpaired) electrons. The topological polar surface area (TPSA) is 127 Å². The van der Waals surface area contributed by atoms with Gasteiger partial charge in [0.1, 0.15) is 17.5 Å². The molecule has 4 rings (SSSR count). The van der Waals surface area contributed by atoms with Gasteiger partial charge in [-0.15, -0.1) is 0 Å². The molecule has 264 valence electrons. The number of likely N-dealkylation sites (tertiary alicyclic amines) is 1. The zero-order valence-electron chi connectivity index (χ0n) is 28.7. The number of carbonyl (C=O) groups excluding carboxylic acids is 4. The van der Waals surface area contributed by atoms with Crippen LogP contribution in [0, 0.1) is 17.8 Å². The fraction of sp³-hybridized carbons (Fsp3) is 0.657. The Hall–Kier alpha value is -3.54. The summed E-state index contributed by atoms with van der Waals surface area (Å²) in [7, 11) is 2.52. The van der Waals surface area contributed by atoms with Crippen LogP contribution in [-0.2, 0) is 19.3 Å². The number of furan rings is 1. The molecule has 3 atom stereocenters. The molecule has 1 saturated carbocycles. The van der Waals surface area contributed by atoms with Gasteiger partial charge in [-0.2, -0.15) is 0 Å². The molecule has 1 aromatic carbocycles. The number of unbranched alkanes of at least 4 members (excludes halogenated alkanes) is 1. The van der Waals surface area contributed by atoms with Crippen LogP contribution in [0.15, 0.2) is 28.7 Å². The molecule has 3 unspecified atom stereocenters. The molecule has 12 heteroatoms. The number of carbonyl (C=O) groups is 4. The minimum atomic E-state index is -1.18. The lowest BCUT2D eigenvalue weighted by molar-refractivity contribution is -0.121. The number of hydrogen-bond donors (Lipinski definition) is 2. The number of rotatable bonds is 11. The SMILES string of the molecule is CCC(C=O)CCCCNC(=O)OC(C)(C)C.CF.CN1CCC(C2CCCCC2)C1C(=O)Nc1ccc2oc(C(=O)OF)cc2c1. The fourth-order valence-electron chi connectivity index (χ4n) is 6.31. The first-order valence-corrected chi connectivity index (χ1v) is 16.6. The summed E-state index contributed by atoms with van der Waals surface area (Å²) in [6.45, 7) is 9.06. The van der Waals surface area contributed by atoms with E-state index in [1.807, 2.05) is 34.7 Å². The van der Waals surface area contributed by atoms with Crippen molar-refractivity contribution in [3.8, 4) is 0 Å². The van der Waals surface area contributed by atoms with Crippen molar-refractivity contribution in [1.29, 1.82) is 0 Å². The molecular formula is C35H53F2N3O7. The van der Waals surface area contributed by atoms with E-state index in [2.05, 4.69) is 20.5 Å². The van der Waals surface area contributed by atoms with E-state index in [1.165, 1.54) is 38.2 Å². The van der Waals surface area contributed by atoms with E-state index in [1.54, 1.807) is 18.2 Å². The number of likely N-dealkylation sites (N-methyl/N-ethyl adjacent to an activating group) is 1. The van der Waals surface area contributed by atoms with E-state index in [0.29, 0.717) is 42.2 Å². The molecule has 2 N–H and O–H groups in total. The number of nitrogens with one attached hydrogen (secondary N) is 2. The van der Waals surface area contributed by atoms with Gasteiger partial charge in [0.2, 0.25) is 11.7 Å². The van der Waals surface area contributed by atoms with E-state index in [-0.39, 0.29) is 29.7 Å². The third-order valence-corrected chi connectivity index (χ3v) is 8.66. The summed E-state index contributed by atoms with van der Waals surface area (Å²) < 4.78 is 31.9. The van der Waals surface area contributed by atoms with Gasteiger partial charge in [0.05, 0.1) is 13.2 Å². The normalized spacial score (nSPS) is 19.0. The summed E-state index contributed by atoms with van der Waals surface area (Å²) in [5, 5.41) is 6.31. The number of hydrogen-bond acceptors (Lipinski definition) is 8. The monoisotopic (exact) mass is 665 g/mol. The standard InChI is InChI=1S/C21H25FN2O4.C13H25NO3.CH3F/c1-24-10-9-16(13-5-3-2-4-6-13)19(24)20(25)23-15-7-8-17-14(11-15)12-18(27-17)21(26)28-22;1-5-11(10-15)8-6-7-9-14-12(16)17-13(2,3)4;1-2/h7-8,11-13,16,19H,2-6,9-10H2,1H3,(H,23,25);10-11H,5-9H2,1-4H3,(H,14,16);1H3. The van der Waals surface area contributed by atoms with Gasteiger partial charge in [-0.1, -0.05) is 45.4 Å². The number of nitrogens with zero attached hydrogens (tertiary/aromatic N) is 1. The van der Waals surface area contributed by atoms with Crippen molar-refractivity contribution in [2.45, 2.75) is 104 Å². The maximum Gasteiger partial charge on any atom is 0.414 e. The minimum Gasteiger partial charge on any atom is -0.449 e. The van der Waals surface area contributed by atoms with Crippen LogP contribution < -0.4 is 10.6 Å². The van der Waals surface area contributed by atoms with Gasteiger partial charge in [0, 0.05) is 28.1 Å². The molecule has 0 spiro atoms. The quantitative estimate of drug-likeness (QED) is 0.184. The van der Waals surface area contributed by atoms with Gasteiger partial charge in [0.25, 0.3) is 0 Å². The predicted octanol–water partition coefficient (Wildman–Crippen LogP) is 7.81. The van der Waals surface area contributed by atoms with Crippen molar-refractivity contribution in [2.75, 3.05) is 32.6 Å². The minimum absolute atomic E-state index is 0.00168. The summed E-state index contributed by atoms with van der Waals surface area (Å²) in [4.78, 5) is 51.6.